The molecule has 0 aliphatic heterocycles. The third-order valence-electron chi connectivity index (χ3n) is 2.90. The third kappa shape index (κ3) is 3.98. The first kappa shape index (κ1) is 15.4. The van der Waals surface area contributed by atoms with Crippen LogP contribution in [0.15, 0.2) is 29.4 Å². The molecule has 2 aromatic rings. The fourth-order valence-corrected chi connectivity index (χ4v) is 2.69. The number of benzene rings is 1. The maximum Gasteiger partial charge on any atom is 0.239 e. The molecule has 0 fully saturated rings. The van der Waals surface area contributed by atoms with Crippen LogP contribution in [0, 0.1) is 0 Å². The quantitative estimate of drug-likeness (QED) is 0.778. The van der Waals surface area contributed by atoms with Crippen molar-refractivity contribution in [1.82, 2.24) is 20.2 Å². The van der Waals surface area contributed by atoms with Gasteiger partial charge >= 0.3 is 0 Å². The molecule has 112 valence electrons. The van der Waals surface area contributed by atoms with Crippen LogP contribution in [0.25, 0.3) is 11.0 Å². The summed E-state index contributed by atoms with van der Waals surface area (Å²) < 4.78 is 1.96. The smallest absolute Gasteiger partial charge is 0.239 e. The number of para-hydroxylation sites is 2. The average Bonchev–Trinajstić information content (AvgIpc) is 2.80. The topological polar surface area (TPSA) is 76.0 Å². The fraction of sp³-hybridized carbons (Fsp3) is 0.357. The number of carbonyl (C=O) groups excluding carboxylic acids is 2. The molecule has 1 aromatic heterocycles. The molecule has 0 aliphatic carbocycles. The van der Waals surface area contributed by atoms with Crippen LogP contribution in [-0.4, -0.2) is 40.2 Å². The normalized spacial score (nSPS) is 10.6. The molecule has 2 rings (SSSR count). The van der Waals surface area contributed by atoms with Gasteiger partial charge in [-0.3, -0.25) is 9.59 Å². The van der Waals surface area contributed by atoms with E-state index in [1.54, 1.807) is 0 Å². The number of amides is 2. The number of rotatable bonds is 6. The molecular weight excluding hydrogens is 288 g/mol. The summed E-state index contributed by atoms with van der Waals surface area (Å²) in [5.74, 6) is -0.131. The summed E-state index contributed by atoms with van der Waals surface area (Å²) in [5, 5.41) is 5.99. The van der Waals surface area contributed by atoms with Gasteiger partial charge in [0.1, 0.15) is 0 Å². The van der Waals surface area contributed by atoms with Gasteiger partial charge in [0, 0.05) is 13.6 Å². The summed E-state index contributed by atoms with van der Waals surface area (Å²) in [6.07, 6.45) is 0. The first-order valence-electron chi connectivity index (χ1n) is 6.69. The molecule has 6 nitrogen and oxygen atoms in total. The predicted octanol–water partition coefficient (Wildman–Crippen LogP) is 0.918. The highest BCUT2D eigenvalue weighted by molar-refractivity contribution is 7.99. The minimum Gasteiger partial charge on any atom is -0.355 e. The molecule has 2 N–H and O–H groups in total. The van der Waals surface area contributed by atoms with Crippen molar-refractivity contribution in [2.24, 2.45) is 7.05 Å². The molecule has 0 saturated heterocycles. The SMILES string of the molecule is CCNC(=O)CNC(=O)CSc1nc2ccccc2n1C. The summed E-state index contributed by atoms with van der Waals surface area (Å²) in [4.78, 5) is 27.4. The Morgan fingerprint density at radius 1 is 1.24 bits per heavy atom. The van der Waals surface area contributed by atoms with Gasteiger partial charge in [-0.15, -0.1) is 0 Å². The maximum absolute atomic E-state index is 11.7. The molecule has 21 heavy (non-hydrogen) atoms. The summed E-state index contributed by atoms with van der Waals surface area (Å²) in [5.41, 5.74) is 1.94. The van der Waals surface area contributed by atoms with E-state index in [9.17, 15) is 9.59 Å². The van der Waals surface area contributed by atoms with Gasteiger partial charge in [0.2, 0.25) is 11.8 Å². The lowest BCUT2D eigenvalue weighted by Crippen LogP contribution is -2.37. The van der Waals surface area contributed by atoms with Gasteiger partial charge < -0.3 is 15.2 Å². The van der Waals surface area contributed by atoms with Crippen molar-refractivity contribution >= 4 is 34.6 Å². The standard InChI is InChI=1S/C14H18N4O2S/c1-3-15-12(19)8-16-13(20)9-21-14-17-10-6-4-5-7-11(10)18(14)2/h4-7H,3,8-9H2,1-2H3,(H,15,19)(H,16,20). The number of imidazole rings is 1. The minimum absolute atomic E-state index is 0.00970. The maximum atomic E-state index is 11.7. The molecule has 0 aliphatic rings. The molecule has 2 amide bonds. The summed E-state index contributed by atoms with van der Waals surface area (Å²) in [7, 11) is 1.92. The van der Waals surface area contributed by atoms with Crippen LogP contribution in [0.3, 0.4) is 0 Å². The van der Waals surface area contributed by atoms with Crippen molar-refractivity contribution in [2.45, 2.75) is 12.1 Å². The molecule has 0 saturated carbocycles. The van der Waals surface area contributed by atoms with Crippen LogP contribution in [0.4, 0.5) is 0 Å². The first-order valence-corrected chi connectivity index (χ1v) is 7.68. The average molecular weight is 306 g/mol. The van der Waals surface area contributed by atoms with Crippen molar-refractivity contribution in [1.29, 1.82) is 0 Å². The number of hydrogen-bond acceptors (Lipinski definition) is 4. The summed E-state index contributed by atoms with van der Waals surface area (Å²) >= 11 is 1.35. The number of nitrogens with zero attached hydrogens (tertiary/aromatic N) is 2. The zero-order valence-corrected chi connectivity index (χ0v) is 12.9. The van der Waals surface area contributed by atoms with E-state index in [0.29, 0.717) is 6.54 Å². The molecule has 1 aromatic carbocycles. The monoisotopic (exact) mass is 306 g/mol. The summed E-state index contributed by atoms with van der Waals surface area (Å²) in [6.45, 7) is 2.40. The van der Waals surface area contributed by atoms with Gasteiger partial charge in [-0.05, 0) is 19.1 Å². The van der Waals surface area contributed by atoms with Crippen molar-refractivity contribution < 1.29 is 9.59 Å². The number of carbonyl (C=O) groups is 2. The molecule has 0 atom stereocenters. The number of hydrogen-bond donors (Lipinski definition) is 2. The highest BCUT2D eigenvalue weighted by Gasteiger charge is 2.10. The van der Waals surface area contributed by atoms with E-state index in [1.165, 1.54) is 11.8 Å². The van der Waals surface area contributed by atoms with E-state index in [2.05, 4.69) is 15.6 Å². The van der Waals surface area contributed by atoms with Gasteiger partial charge in [0.05, 0.1) is 23.3 Å². The van der Waals surface area contributed by atoms with E-state index >= 15 is 0 Å². The largest absolute Gasteiger partial charge is 0.355 e. The number of thioether (sulfide) groups is 1. The summed E-state index contributed by atoms with van der Waals surface area (Å²) in [6, 6.07) is 7.82. The van der Waals surface area contributed by atoms with E-state index in [4.69, 9.17) is 0 Å². The van der Waals surface area contributed by atoms with Crippen LogP contribution in [0.5, 0.6) is 0 Å². The van der Waals surface area contributed by atoms with Crippen molar-refractivity contribution in [3.05, 3.63) is 24.3 Å². The van der Waals surface area contributed by atoms with Gasteiger partial charge in [0.15, 0.2) is 5.16 Å². The van der Waals surface area contributed by atoms with Crippen LogP contribution in [-0.2, 0) is 16.6 Å². The van der Waals surface area contributed by atoms with E-state index < -0.39 is 0 Å². The van der Waals surface area contributed by atoms with Crippen molar-refractivity contribution in [2.75, 3.05) is 18.8 Å². The van der Waals surface area contributed by atoms with Crippen molar-refractivity contribution in [3.8, 4) is 0 Å². The predicted molar refractivity (Wildman–Crippen MR) is 83.1 cm³/mol. The molecular formula is C14H18N4O2S. The number of likely N-dealkylation sites (N-methyl/N-ethyl adjacent to an activating group) is 1. The zero-order valence-electron chi connectivity index (χ0n) is 12.0. The lowest BCUT2D eigenvalue weighted by Gasteiger charge is -2.05. The molecule has 7 heteroatoms. The Labute approximate surface area is 127 Å². The number of fused-ring (bicyclic) bond motifs is 1. The Morgan fingerprint density at radius 2 is 2.00 bits per heavy atom. The second-order valence-corrected chi connectivity index (χ2v) is 5.40. The van der Waals surface area contributed by atoms with Crippen LogP contribution in [0.2, 0.25) is 0 Å². The number of nitrogens with one attached hydrogen (secondary N) is 2. The van der Waals surface area contributed by atoms with Crippen LogP contribution in [0.1, 0.15) is 6.92 Å². The van der Waals surface area contributed by atoms with Gasteiger partial charge in [-0.25, -0.2) is 4.98 Å². The van der Waals surface area contributed by atoms with Crippen molar-refractivity contribution in [3.63, 3.8) is 0 Å². The second-order valence-electron chi connectivity index (χ2n) is 4.46. The lowest BCUT2D eigenvalue weighted by atomic mass is 10.3. The van der Waals surface area contributed by atoms with Gasteiger partial charge in [-0.2, -0.15) is 0 Å². The first-order chi connectivity index (χ1) is 10.1. The lowest BCUT2D eigenvalue weighted by molar-refractivity contribution is -0.124. The van der Waals surface area contributed by atoms with E-state index in [1.807, 2.05) is 42.8 Å². The Balaban J connectivity index is 1.88. The molecule has 0 unspecified atom stereocenters. The Bertz CT molecular complexity index is 653. The number of aromatic nitrogens is 2. The molecule has 0 bridgehead atoms. The second kappa shape index (κ2) is 7.12. The Morgan fingerprint density at radius 3 is 2.71 bits per heavy atom. The minimum atomic E-state index is -0.182. The van der Waals surface area contributed by atoms with E-state index in [0.717, 1.165) is 16.2 Å². The zero-order chi connectivity index (χ0) is 15.2. The fourth-order valence-electron chi connectivity index (χ4n) is 1.87. The van der Waals surface area contributed by atoms with Gasteiger partial charge in [-0.1, -0.05) is 23.9 Å². The Hall–Kier alpha value is -2.02. The molecule has 1 heterocycles. The third-order valence-corrected chi connectivity index (χ3v) is 3.93. The molecule has 0 radical (unpaired) electrons. The highest BCUT2D eigenvalue weighted by Crippen LogP contribution is 2.22. The molecule has 0 spiro atoms. The Kier molecular flexibility index (Phi) is 5.21. The van der Waals surface area contributed by atoms with E-state index in [-0.39, 0.29) is 24.1 Å². The van der Waals surface area contributed by atoms with Crippen LogP contribution < -0.4 is 10.6 Å². The van der Waals surface area contributed by atoms with Gasteiger partial charge in [0.25, 0.3) is 0 Å². The highest BCUT2D eigenvalue weighted by atomic mass is 32.2. The van der Waals surface area contributed by atoms with Crippen LogP contribution >= 0.6 is 11.8 Å². The number of aryl methyl sites for hydroxylation is 1.